The first-order chi connectivity index (χ1) is 21.9. The largest absolute Gasteiger partial charge is 0.490 e. The number of amides is 3. The first-order valence-corrected chi connectivity index (χ1v) is 19.6. The van der Waals surface area contributed by atoms with Crippen LogP contribution in [0.4, 0.5) is 4.79 Å². The summed E-state index contributed by atoms with van der Waals surface area (Å²) in [5.41, 5.74) is -1.67. The number of aromatic amines is 1. The van der Waals surface area contributed by atoms with Crippen LogP contribution in [0.15, 0.2) is 21.9 Å². The third kappa shape index (κ3) is 11.2. The molecule has 0 bridgehead atoms. The molecule has 3 aliphatic heterocycles. The van der Waals surface area contributed by atoms with Crippen molar-refractivity contribution in [1.29, 1.82) is 0 Å². The fraction of sp³-hybridized carbons (Fsp3) is 0.636. The van der Waals surface area contributed by atoms with Crippen LogP contribution in [0.3, 0.4) is 0 Å². The van der Waals surface area contributed by atoms with E-state index in [1.54, 1.807) is 11.8 Å². The summed E-state index contributed by atoms with van der Waals surface area (Å²) in [6.45, 7) is -0.860. The summed E-state index contributed by atoms with van der Waals surface area (Å²) in [6.07, 6.45) is 2.34. The second-order valence-electron chi connectivity index (χ2n) is 10.6. The average molecular weight is 750 g/mol. The van der Waals surface area contributed by atoms with E-state index in [9.17, 15) is 47.8 Å². The number of aliphatic hydroxyl groups excluding tert-OH is 1. The lowest BCUT2D eigenvalue weighted by atomic mass is 10.0. The summed E-state index contributed by atoms with van der Waals surface area (Å²) in [5.74, 6) is 0.663. The standard InChI is InChI=1S/C22H34N5O16P3S/c28-14-8-18(41-15(14)10-40-45(36,37)43-46(38,39)42-44(33,34)35)27-9-12(20(30)26-22(27)32)4-3-7-23-17(29)6-2-1-5-16-19-13(11-47-16)24-21(31)25-19/h3-4,9,13-16,18-19,28H,1-2,5-8,10-11H2,(H,23,29)(H,36,37)(H,38,39)(H2,24,25,31)(H,26,30,32)(H2,33,34,35). The zero-order valence-corrected chi connectivity index (χ0v) is 27.8. The van der Waals surface area contributed by atoms with Gasteiger partial charge in [0.1, 0.15) is 12.3 Å². The highest BCUT2D eigenvalue weighted by atomic mass is 32.2. The average Bonchev–Trinajstić information content (AvgIpc) is 3.60. The number of phosphoric ester groups is 1. The third-order valence-electron chi connectivity index (χ3n) is 7.12. The number of rotatable bonds is 16. The highest BCUT2D eigenvalue weighted by molar-refractivity contribution is 8.00. The van der Waals surface area contributed by atoms with Crippen molar-refractivity contribution in [3.8, 4) is 0 Å². The number of carbonyl (C=O) groups excluding carboxylic acids is 2. The number of carbonyl (C=O) groups is 2. The molecule has 8 atom stereocenters. The SMILES string of the molecule is O=C(CCCCC1SCC2NC(=O)NC21)NCC=Cc1cn(C2CC(O)C(COP(=O)(O)OP(=O)(O)OP(=O)(O)O)O2)c(=O)[nH]c1=O. The number of aromatic nitrogens is 2. The van der Waals surface area contributed by atoms with Crippen LogP contribution in [0.1, 0.15) is 43.9 Å². The number of ether oxygens (including phenoxy) is 1. The number of urea groups is 1. The third-order valence-corrected chi connectivity index (χ3v) is 12.4. The number of thioether (sulfide) groups is 1. The first kappa shape index (κ1) is 37.7. The maximum absolute atomic E-state index is 12.4. The Bertz CT molecular complexity index is 1610. The van der Waals surface area contributed by atoms with Gasteiger partial charge in [-0.15, -0.1) is 0 Å². The molecule has 3 amide bonds. The lowest BCUT2D eigenvalue weighted by Gasteiger charge is -2.19. The fourth-order valence-electron chi connectivity index (χ4n) is 5.06. The number of hydrogen-bond acceptors (Lipinski definition) is 13. The van der Waals surface area contributed by atoms with E-state index in [2.05, 4.69) is 34.1 Å². The summed E-state index contributed by atoms with van der Waals surface area (Å²) in [6, 6.07) is 0.101. The second kappa shape index (κ2) is 15.6. The van der Waals surface area contributed by atoms with Crippen LogP contribution in [0.25, 0.3) is 6.08 Å². The van der Waals surface area contributed by atoms with Crippen molar-refractivity contribution in [1.82, 2.24) is 25.5 Å². The zero-order valence-electron chi connectivity index (χ0n) is 24.3. The maximum Gasteiger partial charge on any atom is 0.490 e. The van der Waals surface area contributed by atoms with Crippen molar-refractivity contribution in [2.45, 2.75) is 67.9 Å². The number of hydrogen-bond donors (Lipinski definition) is 9. The number of phosphoric acid groups is 3. The lowest BCUT2D eigenvalue weighted by Crippen LogP contribution is -2.36. The summed E-state index contributed by atoms with van der Waals surface area (Å²) < 4.78 is 52.3. The van der Waals surface area contributed by atoms with Gasteiger partial charge in [0.25, 0.3) is 5.56 Å². The molecule has 3 saturated heterocycles. The number of H-pyrrole nitrogens is 1. The Morgan fingerprint density at radius 3 is 2.57 bits per heavy atom. The minimum Gasteiger partial charge on any atom is -0.390 e. The fourth-order valence-corrected chi connectivity index (χ4v) is 9.63. The van der Waals surface area contributed by atoms with E-state index in [4.69, 9.17) is 14.5 Å². The summed E-state index contributed by atoms with van der Waals surface area (Å²) in [4.78, 5) is 86.6. The van der Waals surface area contributed by atoms with Gasteiger partial charge < -0.3 is 45.4 Å². The topological polar surface area (TPSA) is 314 Å². The molecule has 0 aliphatic carbocycles. The van der Waals surface area contributed by atoms with Gasteiger partial charge in [-0.1, -0.05) is 18.6 Å². The van der Waals surface area contributed by atoms with Crippen LogP contribution >= 0.6 is 35.2 Å². The normalized spacial score (nSPS) is 28.4. The molecule has 8 unspecified atom stereocenters. The van der Waals surface area contributed by atoms with E-state index < -0.39 is 59.8 Å². The van der Waals surface area contributed by atoms with Crippen LogP contribution in [0, 0.1) is 0 Å². The van der Waals surface area contributed by atoms with Gasteiger partial charge in [-0.25, -0.2) is 23.3 Å². The Balaban J connectivity index is 1.23. The maximum atomic E-state index is 12.4. The van der Waals surface area contributed by atoms with Gasteiger partial charge in [0.05, 0.1) is 30.4 Å². The van der Waals surface area contributed by atoms with Gasteiger partial charge in [0.2, 0.25) is 5.91 Å². The van der Waals surface area contributed by atoms with Crippen molar-refractivity contribution in [2.75, 3.05) is 18.9 Å². The monoisotopic (exact) mass is 749 g/mol. The lowest BCUT2D eigenvalue weighted by molar-refractivity contribution is -0.121. The molecule has 1 aromatic heterocycles. The molecule has 4 heterocycles. The molecule has 264 valence electrons. The molecular weight excluding hydrogens is 715 g/mol. The van der Waals surface area contributed by atoms with Gasteiger partial charge in [0, 0.05) is 36.6 Å². The predicted octanol–water partition coefficient (Wildman–Crippen LogP) is -0.616. The van der Waals surface area contributed by atoms with Gasteiger partial charge in [0.15, 0.2) is 0 Å². The van der Waals surface area contributed by atoms with Crippen LogP contribution in [0.5, 0.6) is 0 Å². The molecule has 3 fully saturated rings. The Morgan fingerprint density at radius 2 is 1.85 bits per heavy atom. The molecule has 0 saturated carbocycles. The predicted molar refractivity (Wildman–Crippen MR) is 162 cm³/mol. The van der Waals surface area contributed by atoms with E-state index in [0.717, 1.165) is 29.4 Å². The number of nitrogens with zero attached hydrogens (tertiary/aromatic N) is 1. The molecule has 0 radical (unpaired) electrons. The summed E-state index contributed by atoms with van der Waals surface area (Å²) in [7, 11) is -16.8. The smallest absolute Gasteiger partial charge is 0.390 e. The molecule has 3 aliphatic rings. The van der Waals surface area contributed by atoms with Crippen LogP contribution in [-0.2, 0) is 36.4 Å². The second-order valence-corrected chi connectivity index (χ2v) is 16.3. The highest BCUT2D eigenvalue weighted by Gasteiger charge is 2.44. The molecule has 9 N–H and O–H groups in total. The summed E-state index contributed by atoms with van der Waals surface area (Å²) in [5, 5.41) is 19.1. The van der Waals surface area contributed by atoms with Crippen molar-refractivity contribution >= 4 is 53.2 Å². The molecule has 0 aromatic carbocycles. The van der Waals surface area contributed by atoms with Gasteiger partial charge in [-0.2, -0.15) is 20.4 Å². The van der Waals surface area contributed by atoms with Crippen LogP contribution in [-0.4, -0.2) is 94.6 Å². The Kier molecular flexibility index (Phi) is 12.5. The Hall–Kier alpha value is -2.16. The quantitative estimate of drug-likeness (QED) is 0.0578. The van der Waals surface area contributed by atoms with Crippen molar-refractivity contribution < 1.29 is 65.8 Å². The van der Waals surface area contributed by atoms with Crippen LogP contribution in [0.2, 0.25) is 0 Å². The van der Waals surface area contributed by atoms with E-state index >= 15 is 0 Å². The molecule has 0 spiro atoms. The summed E-state index contributed by atoms with van der Waals surface area (Å²) >= 11 is 1.80. The molecular formula is C22H34N5O16P3S. The van der Waals surface area contributed by atoms with E-state index in [1.807, 2.05) is 0 Å². The minimum atomic E-state index is -5.75. The van der Waals surface area contributed by atoms with E-state index in [0.29, 0.717) is 18.1 Å². The number of unbranched alkanes of at least 4 members (excludes halogenated alkanes) is 1. The van der Waals surface area contributed by atoms with Gasteiger partial charge >= 0.3 is 35.2 Å². The van der Waals surface area contributed by atoms with E-state index in [1.165, 1.54) is 12.2 Å². The highest BCUT2D eigenvalue weighted by Crippen LogP contribution is 2.66. The van der Waals surface area contributed by atoms with E-state index in [-0.39, 0.29) is 42.6 Å². The molecule has 25 heteroatoms. The Morgan fingerprint density at radius 1 is 1.11 bits per heavy atom. The first-order valence-electron chi connectivity index (χ1n) is 14.0. The zero-order chi connectivity index (χ0) is 34.6. The van der Waals surface area contributed by atoms with Crippen molar-refractivity contribution in [2.24, 2.45) is 0 Å². The number of fused-ring (bicyclic) bond motifs is 1. The minimum absolute atomic E-state index is 0.00508. The van der Waals surface area contributed by atoms with Crippen molar-refractivity contribution in [3.05, 3.63) is 38.7 Å². The molecule has 4 rings (SSSR count). The molecule has 21 nitrogen and oxygen atoms in total. The number of nitrogens with one attached hydrogen (secondary N) is 4. The van der Waals surface area contributed by atoms with Crippen LogP contribution < -0.4 is 27.2 Å². The van der Waals surface area contributed by atoms with Gasteiger partial charge in [-0.05, 0) is 12.8 Å². The molecule has 47 heavy (non-hydrogen) atoms. The van der Waals surface area contributed by atoms with Gasteiger partial charge in [-0.3, -0.25) is 23.7 Å². The number of aliphatic hydroxyl groups is 1. The molecule has 1 aromatic rings. The Labute approximate surface area is 269 Å². The van der Waals surface area contributed by atoms with Crippen molar-refractivity contribution in [3.63, 3.8) is 0 Å².